The van der Waals surface area contributed by atoms with Gasteiger partial charge in [0, 0.05) is 3.57 Å². The molecule has 0 radical (unpaired) electrons. The van der Waals surface area contributed by atoms with Gasteiger partial charge < -0.3 is 4.74 Å². The molecule has 0 heterocycles. The zero-order chi connectivity index (χ0) is 15.4. The highest BCUT2D eigenvalue weighted by molar-refractivity contribution is 14.1. The van der Waals surface area contributed by atoms with Gasteiger partial charge in [-0.05, 0) is 77.2 Å². The summed E-state index contributed by atoms with van der Waals surface area (Å²) in [5, 5.41) is 0. The maximum atomic E-state index is 13.8. The number of rotatable bonds is 4. The second kappa shape index (κ2) is 7.41. The Morgan fingerprint density at radius 1 is 0.818 bits per heavy atom. The quantitative estimate of drug-likeness (QED) is 0.484. The Kier molecular flexibility index (Phi) is 5.30. The lowest BCUT2D eigenvalue weighted by molar-refractivity contribution is -0.597. The van der Waals surface area contributed by atoms with E-state index in [-0.39, 0.29) is 32.8 Å². The Morgan fingerprint density at radius 2 is 1.50 bits per heavy atom. The van der Waals surface area contributed by atoms with Crippen molar-refractivity contribution in [2.24, 2.45) is 0 Å². The van der Waals surface area contributed by atoms with Crippen molar-refractivity contribution >= 4 is 22.6 Å². The van der Waals surface area contributed by atoms with E-state index in [9.17, 15) is 4.39 Å². The van der Waals surface area contributed by atoms with Gasteiger partial charge in [-0.1, -0.05) is 18.2 Å². The number of halogens is 3. The fraction of sp³-hybridized carbons (Fsp3) is 0. The van der Waals surface area contributed by atoms with E-state index in [0.717, 1.165) is 3.57 Å². The molecule has 0 aliphatic carbocycles. The van der Waals surface area contributed by atoms with Crippen LogP contribution in [0.25, 0.3) is 0 Å². The van der Waals surface area contributed by atoms with Crippen molar-refractivity contribution in [1.29, 1.82) is 0 Å². The van der Waals surface area contributed by atoms with Crippen LogP contribution < -0.4 is 25.9 Å². The first-order valence-electron chi connectivity index (χ1n) is 6.63. The van der Waals surface area contributed by atoms with Crippen molar-refractivity contribution < 1.29 is 30.3 Å². The predicted molar refractivity (Wildman–Crippen MR) is 89.5 cm³/mol. The van der Waals surface area contributed by atoms with E-state index in [1.807, 2.05) is 24.3 Å². The van der Waals surface area contributed by atoms with Crippen LogP contribution in [-0.2, 0) is 0 Å². The molecule has 0 amide bonds. The van der Waals surface area contributed by atoms with Gasteiger partial charge in [0.05, 0.1) is 0 Å². The second-order valence-corrected chi connectivity index (χ2v) is 8.80. The normalized spacial score (nSPS) is 10.5. The van der Waals surface area contributed by atoms with Crippen molar-refractivity contribution in [1.82, 2.24) is 0 Å². The Hall–Kier alpha value is -1.15. The number of ether oxygens (including phenoxy) is 1. The van der Waals surface area contributed by atoms with Gasteiger partial charge in [0.2, 0.25) is 0 Å². The molecule has 3 rings (SSSR count). The largest absolute Gasteiger partial charge is 0.454 e. The standard InChI is InChI=1S/C18H12FI2O/c19-17-12-13(20)6-11-18(17)22-16-9-7-15(8-10-16)21-14-4-2-1-3-5-14/h1-12H/q+1. The Bertz CT molecular complexity index is 758. The van der Waals surface area contributed by atoms with Crippen LogP contribution in [0.15, 0.2) is 72.8 Å². The van der Waals surface area contributed by atoms with Crippen LogP contribution in [0.2, 0.25) is 0 Å². The van der Waals surface area contributed by atoms with Crippen LogP contribution in [0.3, 0.4) is 0 Å². The minimum Gasteiger partial charge on any atom is -0.454 e. The molecule has 110 valence electrons. The van der Waals surface area contributed by atoms with Gasteiger partial charge in [0.25, 0.3) is 0 Å². The van der Waals surface area contributed by atoms with Gasteiger partial charge in [-0.15, -0.1) is 0 Å². The van der Waals surface area contributed by atoms with Gasteiger partial charge in [0.1, 0.15) is 5.75 Å². The van der Waals surface area contributed by atoms with E-state index in [1.165, 1.54) is 13.2 Å². The SMILES string of the molecule is Fc1cc(I)ccc1Oc1ccc([I+]c2ccccc2)cc1. The van der Waals surface area contributed by atoms with Crippen LogP contribution in [-0.4, -0.2) is 0 Å². The molecule has 3 aromatic rings. The number of hydrogen-bond donors (Lipinski definition) is 0. The molecular weight excluding hydrogens is 505 g/mol. The maximum Gasteiger partial charge on any atom is 0.357 e. The first-order chi connectivity index (χ1) is 10.7. The Balaban J connectivity index is 1.71. The first kappa shape index (κ1) is 15.7. The molecule has 1 nitrogen and oxygen atoms in total. The van der Waals surface area contributed by atoms with Gasteiger partial charge in [0.15, 0.2) is 18.7 Å². The topological polar surface area (TPSA) is 9.23 Å². The molecule has 0 saturated carbocycles. The highest BCUT2D eigenvalue weighted by Crippen LogP contribution is 2.25. The van der Waals surface area contributed by atoms with Crippen LogP contribution in [0.4, 0.5) is 4.39 Å². The van der Waals surface area contributed by atoms with E-state index in [1.54, 1.807) is 6.07 Å². The van der Waals surface area contributed by atoms with Gasteiger partial charge in [-0.25, -0.2) is 4.39 Å². The van der Waals surface area contributed by atoms with E-state index in [0.29, 0.717) is 5.75 Å². The Labute approximate surface area is 152 Å². The minimum absolute atomic E-state index is 0.186. The summed E-state index contributed by atoms with van der Waals surface area (Å²) < 4.78 is 22.9. The fourth-order valence-corrected chi connectivity index (χ4v) is 4.52. The molecule has 0 aliphatic rings. The molecule has 0 fully saturated rings. The molecule has 0 spiro atoms. The van der Waals surface area contributed by atoms with E-state index in [2.05, 4.69) is 59.0 Å². The van der Waals surface area contributed by atoms with Crippen LogP contribution in [0.5, 0.6) is 11.5 Å². The van der Waals surface area contributed by atoms with Gasteiger partial charge in [-0.3, -0.25) is 0 Å². The van der Waals surface area contributed by atoms with Crippen molar-refractivity contribution in [3.05, 3.63) is 89.3 Å². The van der Waals surface area contributed by atoms with Crippen molar-refractivity contribution in [3.63, 3.8) is 0 Å². The monoisotopic (exact) mass is 517 g/mol. The van der Waals surface area contributed by atoms with Crippen molar-refractivity contribution in [3.8, 4) is 11.5 Å². The average Bonchev–Trinajstić information content (AvgIpc) is 2.53. The average molecular weight is 517 g/mol. The second-order valence-electron chi connectivity index (χ2n) is 4.52. The molecule has 22 heavy (non-hydrogen) atoms. The molecule has 0 N–H and O–H groups in total. The first-order valence-corrected chi connectivity index (χ1v) is 9.87. The highest BCUT2D eigenvalue weighted by atomic mass is 127. The summed E-state index contributed by atoms with van der Waals surface area (Å²) >= 11 is 1.89. The lowest BCUT2D eigenvalue weighted by Gasteiger charge is -2.06. The summed E-state index contributed by atoms with van der Waals surface area (Å²) in [5.74, 6) is 0.569. The Morgan fingerprint density at radius 3 is 2.18 bits per heavy atom. The summed E-state index contributed by atoms with van der Waals surface area (Å²) in [5.41, 5.74) is 0. The van der Waals surface area contributed by atoms with Crippen LogP contribution >= 0.6 is 22.6 Å². The predicted octanol–water partition coefficient (Wildman–Crippen LogP) is 2.35. The fourth-order valence-electron chi connectivity index (χ4n) is 1.85. The molecule has 0 atom stereocenters. The molecule has 0 aromatic heterocycles. The minimum atomic E-state index is -0.340. The number of hydrogen-bond acceptors (Lipinski definition) is 1. The van der Waals surface area contributed by atoms with Gasteiger partial charge in [-0.2, -0.15) is 0 Å². The molecule has 0 saturated heterocycles. The van der Waals surface area contributed by atoms with E-state index in [4.69, 9.17) is 4.74 Å². The molecule has 3 aromatic carbocycles. The molecular formula is C18H12FI2O+. The summed E-state index contributed by atoms with van der Waals surface area (Å²) in [4.78, 5) is 0. The third kappa shape index (κ3) is 4.19. The highest BCUT2D eigenvalue weighted by Gasteiger charge is 2.15. The molecule has 4 heteroatoms. The van der Waals surface area contributed by atoms with Crippen molar-refractivity contribution in [2.45, 2.75) is 0 Å². The van der Waals surface area contributed by atoms with Gasteiger partial charge >= 0.3 is 21.2 Å². The molecule has 0 aliphatic heterocycles. The zero-order valence-corrected chi connectivity index (χ0v) is 15.8. The van der Waals surface area contributed by atoms with Crippen LogP contribution in [0.1, 0.15) is 0 Å². The van der Waals surface area contributed by atoms with Crippen molar-refractivity contribution in [2.75, 3.05) is 0 Å². The lowest BCUT2D eigenvalue weighted by atomic mass is 10.3. The summed E-state index contributed by atoms with van der Waals surface area (Å²) in [6.07, 6.45) is 0. The third-order valence-electron chi connectivity index (χ3n) is 2.89. The summed E-state index contributed by atoms with van der Waals surface area (Å²) in [6, 6.07) is 23.3. The van der Waals surface area contributed by atoms with Crippen LogP contribution in [0, 0.1) is 16.5 Å². The third-order valence-corrected chi connectivity index (χ3v) is 6.24. The number of benzene rings is 3. The summed E-state index contributed by atoms with van der Waals surface area (Å²) in [7, 11) is 0. The molecule has 0 unspecified atom stereocenters. The maximum absolute atomic E-state index is 13.8. The van der Waals surface area contributed by atoms with E-state index >= 15 is 0 Å². The smallest absolute Gasteiger partial charge is 0.357 e. The van der Waals surface area contributed by atoms with E-state index < -0.39 is 0 Å². The zero-order valence-electron chi connectivity index (χ0n) is 11.5. The lowest BCUT2D eigenvalue weighted by Crippen LogP contribution is -3.61. The summed E-state index contributed by atoms with van der Waals surface area (Å²) in [6.45, 7) is 0. The molecule has 0 bridgehead atoms.